The van der Waals surface area contributed by atoms with Gasteiger partial charge in [-0.3, -0.25) is 14.4 Å². The summed E-state index contributed by atoms with van der Waals surface area (Å²) in [6.45, 7) is 6.70. The summed E-state index contributed by atoms with van der Waals surface area (Å²) in [7, 11) is 0. The first-order valence-electron chi connectivity index (χ1n) is 32.5. The Morgan fingerprint density at radius 1 is 0.225 bits per heavy atom. The Morgan fingerprint density at radius 3 is 0.563 bits per heavy atom. The summed E-state index contributed by atoms with van der Waals surface area (Å²) >= 11 is 0. The number of carbonyl (C=O) groups excluding carboxylic acids is 3. The van der Waals surface area contributed by atoms with Crippen LogP contribution in [0, 0.1) is 0 Å². The first kappa shape index (κ1) is 69.4. The molecule has 6 nitrogen and oxygen atoms in total. The van der Waals surface area contributed by atoms with E-state index >= 15 is 0 Å². The summed E-state index contributed by atoms with van der Waals surface area (Å²) in [5.74, 6) is -0.831. The molecule has 0 heterocycles. The van der Waals surface area contributed by atoms with Crippen LogP contribution in [-0.4, -0.2) is 37.2 Å². The van der Waals surface area contributed by atoms with Gasteiger partial charge in [0, 0.05) is 19.3 Å². The molecule has 0 aliphatic rings. The molecular formula is C65H126O6. The van der Waals surface area contributed by atoms with E-state index in [9.17, 15) is 14.4 Å². The molecule has 0 aliphatic carbocycles. The van der Waals surface area contributed by atoms with Crippen molar-refractivity contribution in [1.82, 2.24) is 0 Å². The largest absolute Gasteiger partial charge is 0.462 e. The average molecular weight is 1000 g/mol. The predicted octanol–water partition coefficient (Wildman–Crippen LogP) is 21.9. The zero-order valence-electron chi connectivity index (χ0n) is 48.5. The molecule has 0 amide bonds. The van der Waals surface area contributed by atoms with Gasteiger partial charge in [-0.05, 0) is 19.3 Å². The first-order chi connectivity index (χ1) is 35.0. The lowest BCUT2D eigenvalue weighted by Crippen LogP contribution is -2.30. The molecule has 0 aromatic carbocycles. The molecule has 0 rings (SSSR count). The number of esters is 3. The monoisotopic (exact) mass is 1000 g/mol. The smallest absolute Gasteiger partial charge is 0.306 e. The molecule has 422 valence electrons. The maximum absolute atomic E-state index is 12.9. The van der Waals surface area contributed by atoms with Crippen molar-refractivity contribution in [2.75, 3.05) is 13.2 Å². The number of unbranched alkanes of at least 4 members (excludes halogenated alkanes) is 50. The minimum atomic E-state index is -0.761. The van der Waals surface area contributed by atoms with E-state index in [-0.39, 0.29) is 31.1 Å². The highest BCUT2D eigenvalue weighted by Gasteiger charge is 2.19. The van der Waals surface area contributed by atoms with E-state index < -0.39 is 6.10 Å². The van der Waals surface area contributed by atoms with Crippen LogP contribution in [0.4, 0.5) is 0 Å². The van der Waals surface area contributed by atoms with Crippen molar-refractivity contribution in [3.63, 3.8) is 0 Å². The molecule has 0 saturated carbocycles. The summed E-state index contributed by atoms with van der Waals surface area (Å²) in [6, 6.07) is 0. The van der Waals surface area contributed by atoms with Gasteiger partial charge in [-0.25, -0.2) is 0 Å². The Hall–Kier alpha value is -1.59. The van der Waals surface area contributed by atoms with Crippen LogP contribution in [0.5, 0.6) is 0 Å². The van der Waals surface area contributed by atoms with E-state index in [1.807, 2.05) is 0 Å². The standard InChI is InChI=1S/C65H126O6/c1-4-7-10-13-16-19-21-23-25-27-29-30-31-32-33-34-35-36-38-39-41-43-46-49-52-55-58-64(67)70-61-62(60-69-63(66)57-54-51-48-45-18-15-12-9-6-3)71-65(68)59-56-53-50-47-44-42-40-37-28-26-24-22-20-17-14-11-8-5-2/h62H,4-61H2,1-3H3. The van der Waals surface area contributed by atoms with Crippen LogP contribution < -0.4 is 0 Å². The van der Waals surface area contributed by atoms with E-state index in [1.165, 1.54) is 283 Å². The molecule has 1 atom stereocenters. The lowest BCUT2D eigenvalue weighted by molar-refractivity contribution is -0.167. The Labute approximate surface area is 444 Å². The topological polar surface area (TPSA) is 78.9 Å². The predicted molar refractivity (Wildman–Crippen MR) is 307 cm³/mol. The second kappa shape index (κ2) is 61.0. The van der Waals surface area contributed by atoms with Crippen LogP contribution in [0.2, 0.25) is 0 Å². The van der Waals surface area contributed by atoms with Gasteiger partial charge < -0.3 is 14.2 Å². The summed E-state index contributed by atoms with van der Waals surface area (Å²) in [5, 5.41) is 0. The van der Waals surface area contributed by atoms with Crippen molar-refractivity contribution in [1.29, 1.82) is 0 Å². The molecule has 1 unspecified atom stereocenters. The maximum atomic E-state index is 12.9. The molecule has 0 aliphatic heterocycles. The van der Waals surface area contributed by atoms with Gasteiger partial charge in [0.05, 0.1) is 0 Å². The lowest BCUT2D eigenvalue weighted by Gasteiger charge is -2.18. The number of hydrogen-bond donors (Lipinski definition) is 0. The van der Waals surface area contributed by atoms with E-state index in [0.29, 0.717) is 19.3 Å². The van der Waals surface area contributed by atoms with Gasteiger partial charge >= 0.3 is 17.9 Å². The van der Waals surface area contributed by atoms with E-state index in [4.69, 9.17) is 14.2 Å². The molecule has 6 heteroatoms. The molecule has 0 bridgehead atoms. The fourth-order valence-electron chi connectivity index (χ4n) is 10.2. The zero-order chi connectivity index (χ0) is 51.4. The van der Waals surface area contributed by atoms with Crippen molar-refractivity contribution < 1.29 is 28.6 Å². The van der Waals surface area contributed by atoms with Gasteiger partial charge in [-0.2, -0.15) is 0 Å². The van der Waals surface area contributed by atoms with Crippen LogP contribution in [0.15, 0.2) is 0 Å². The molecule has 0 spiro atoms. The molecule has 0 aromatic heterocycles. The molecule has 0 fully saturated rings. The van der Waals surface area contributed by atoms with Gasteiger partial charge in [-0.15, -0.1) is 0 Å². The van der Waals surface area contributed by atoms with Crippen LogP contribution in [0.3, 0.4) is 0 Å². The minimum absolute atomic E-state index is 0.0610. The van der Waals surface area contributed by atoms with Crippen molar-refractivity contribution in [2.45, 2.75) is 386 Å². The van der Waals surface area contributed by atoms with Crippen molar-refractivity contribution in [2.24, 2.45) is 0 Å². The van der Waals surface area contributed by atoms with Gasteiger partial charge in [-0.1, -0.05) is 342 Å². The molecule has 0 radical (unpaired) electrons. The lowest BCUT2D eigenvalue weighted by atomic mass is 10.0. The highest BCUT2D eigenvalue weighted by Crippen LogP contribution is 2.19. The summed E-state index contributed by atoms with van der Waals surface area (Å²) in [4.78, 5) is 38.2. The number of hydrogen-bond acceptors (Lipinski definition) is 6. The third kappa shape index (κ3) is 59.2. The molecule has 71 heavy (non-hydrogen) atoms. The van der Waals surface area contributed by atoms with Crippen molar-refractivity contribution >= 4 is 17.9 Å². The molecule has 0 saturated heterocycles. The van der Waals surface area contributed by atoms with Gasteiger partial charge in [0.25, 0.3) is 0 Å². The average Bonchev–Trinajstić information content (AvgIpc) is 3.37. The highest BCUT2D eigenvalue weighted by atomic mass is 16.6. The Kier molecular flexibility index (Phi) is 59.6. The second-order valence-electron chi connectivity index (χ2n) is 22.4. The number of carbonyl (C=O) groups is 3. The van der Waals surface area contributed by atoms with Crippen LogP contribution in [0.1, 0.15) is 380 Å². The van der Waals surface area contributed by atoms with Crippen LogP contribution in [0.25, 0.3) is 0 Å². The summed E-state index contributed by atoms with van der Waals surface area (Å²) < 4.78 is 16.9. The number of rotatable bonds is 61. The quantitative estimate of drug-likeness (QED) is 0.0343. The fraction of sp³-hybridized carbons (Fsp3) is 0.954. The van der Waals surface area contributed by atoms with Gasteiger partial charge in [0.1, 0.15) is 13.2 Å². The summed E-state index contributed by atoms with van der Waals surface area (Å²) in [5.41, 5.74) is 0. The second-order valence-corrected chi connectivity index (χ2v) is 22.4. The fourth-order valence-corrected chi connectivity index (χ4v) is 10.2. The van der Waals surface area contributed by atoms with E-state index in [0.717, 1.165) is 57.8 Å². The van der Waals surface area contributed by atoms with Crippen LogP contribution in [-0.2, 0) is 28.6 Å². The zero-order valence-corrected chi connectivity index (χ0v) is 48.5. The number of ether oxygens (including phenoxy) is 3. The third-order valence-electron chi connectivity index (χ3n) is 15.1. The van der Waals surface area contributed by atoms with E-state index in [1.54, 1.807) is 0 Å². The third-order valence-corrected chi connectivity index (χ3v) is 15.1. The Morgan fingerprint density at radius 2 is 0.380 bits per heavy atom. The molecular weight excluding hydrogens is 877 g/mol. The van der Waals surface area contributed by atoms with E-state index in [2.05, 4.69) is 20.8 Å². The van der Waals surface area contributed by atoms with Crippen LogP contribution >= 0.6 is 0 Å². The molecule has 0 N–H and O–H groups in total. The summed E-state index contributed by atoms with van der Waals surface area (Å²) in [6.07, 6.45) is 69.9. The normalized spacial score (nSPS) is 11.9. The first-order valence-corrected chi connectivity index (χ1v) is 32.5. The maximum Gasteiger partial charge on any atom is 0.306 e. The highest BCUT2D eigenvalue weighted by molar-refractivity contribution is 5.71. The van der Waals surface area contributed by atoms with Gasteiger partial charge in [0.2, 0.25) is 0 Å². The minimum Gasteiger partial charge on any atom is -0.462 e. The van der Waals surface area contributed by atoms with Crippen molar-refractivity contribution in [3.8, 4) is 0 Å². The Balaban J connectivity index is 4.09. The van der Waals surface area contributed by atoms with Gasteiger partial charge in [0.15, 0.2) is 6.10 Å². The Bertz CT molecular complexity index is 1060. The van der Waals surface area contributed by atoms with Crippen molar-refractivity contribution in [3.05, 3.63) is 0 Å². The SMILES string of the molecule is CCCCCCCCCCCCCCCCCCCCCCCCCCCCC(=O)OCC(COC(=O)CCCCCCCCCCC)OC(=O)CCCCCCCCCCCCCCCCCCCC. The molecule has 0 aromatic rings.